The molecule has 1 aromatic rings. The number of allylic oxidation sites excluding steroid dienone is 6. The second-order valence-electron chi connectivity index (χ2n) is 5.18. The highest BCUT2D eigenvalue weighted by atomic mass is 19.1. The summed E-state index contributed by atoms with van der Waals surface area (Å²) < 4.78 is 13.0. The number of benzene rings is 1. The van der Waals surface area contributed by atoms with Gasteiger partial charge in [0.25, 0.3) is 5.91 Å². The Morgan fingerprint density at radius 2 is 1.62 bits per heavy atom. The number of hydrogen-bond donors (Lipinski definition) is 2. The summed E-state index contributed by atoms with van der Waals surface area (Å²) in [5.74, 6) is -1.55. The predicted octanol–water partition coefficient (Wildman–Crippen LogP) is 3.18. The number of Topliss-reactive ketones (excluding diaryl/α,β-unsaturated/α-hetero) is 1. The van der Waals surface area contributed by atoms with Crippen molar-refractivity contribution in [2.24, 2.45) is 11.5 Å². The number of halogens is 1. The number of rotatable bonds is 6. The summed E-state index contributed by atoms with van der Waals surface area (Å²) in [6.45, 7) is 5.05. The van der Waals surface area contributed by atoms with Crippen LogP contribution in [0.15, 0.2) is 71.0 Å². The van der Waals surface area contributed by atoms with Crippen LogP contribution in [0.4, 0.5) is 4.39 Å². The maximum atomic E-state index is 13.0. The lowest BCUT2D eigenvalue weighted by Gasteiger charge is -2.11. The first-order chi connectivity index (χ1) is 11.3. The van der Waals surface area contributed by atoms with E-state index < -0.39 is 17.5 Å². The van der Waals surface area contributed by atoms with Gasteiger partial charge in [0, 0.05) is 11.1 Å². The van der Waals surface area contributed by atoms with Crippen LogP contribution < -0.4 is 11.5 Å². The number of hydrogen-bond acceptors (Lipinski definition) is 3. The summed E-state index contributed by atoms with van der Waals surface area (Å²) in [4.78, 5) is 24.2. The standard InChI is InChI=1S/C19H21FN2O2/c1-4-5-6-7-12(2)16(19(22)24)17(21)13(3)18(23)14-8-10-15(20)11-9-14/h4-11H,21H2,1-3H3,(H2,22,24)/b5-4-,7-6-,16-12-,17-13-. The molecule has 0 heterocycles. The topological polar surface area (TPSA) is 86.2 Å². The first-order valence-corrected chi connectivity index (χ1v) is 7.36. The van der Waals surface area contributed by atoms with Crippen LogP contribution in [0, 0.1) is 5.82 Å². The molecule has 0 atom stereocenters. The van der Waals surface area contributed by atoms with Crippen LogP contribution in [0.1, 0.15) is 31.1 Å². The van der Waals surface area contributed by atoms with Gasteiger partial charge in [0.15, 0.2) is 5.78 Å². The normalized spacial score (nSPS) is 13.8. The minimum absolute atomic E-state index is 0.0134. The van der Waals surface area contributed by atoms with E-state index in [1.807, 2.05) is 13.0 Å². The van der Waals surface area contributed by atoms with Crippen LogP contribution in [0.2, 0.25) is 0 Å². The van der Waals surface area contributed by atoms with Crippen LogP contribution >= 0.6 is 0 Å². The molecular weight excluding hydrogens is 307 g/mol. The van der Waals surface area contributed by atoms with E-state index in [2.05, 4.69) is 0 Å². The Kier molecular flexibility index (Phi) is 6.86. The molecular formula is C19H21FN2O2. The molecule has 0 spiro atoms. The molecule has 0 aliphatic rings. The van der Waals surface area contributed by atoms with Crippen molar-refractivity contribution < 1.29 is 14.0 Å². The Morgan fingerprint density at radius 1 is 1.04 bits per heavy atom. The van der Waals surface area contributed by atoms with Gasteiger partial charge in [-0.2, -0.15) is 0 Å². The van der Waals surface area contributed by atoms with E-state index in [1.54, 1.807) is 25.2 Å². The van der Waals surface area contributed by atoms with Crippen molar-refractivity contribution in [1.82, 2.24) is 0 Å². The molecule has 5 heteroatoms. The molecule has 126 valence electrons. The van der Waals surface area contributed by atoms with Crippen molar-refractivity contribution in [3.63, 3.8) is 0 Å². The summed E-state index contributed by atoms with van der Waals surface area (Å²) >= 11 is 0. The van der Waals surface area contributed by atoms with E-state index in [9.17, 15) is 14.0 Å². The van der Waals surface area contributed by atoms with Gasteiger partial charge in [-0.05, 0) is 50.6 Å². The van der Waals surface area contributed by atoms with E-state index in [-0.39, 0.29) is 22.4 Å². The molecule has 24 heavy (non-hydrogen) atoms. The molecule has 0 aliphatic carbocycles. The van der Waals surface area contributed by atoms with Crippen molar-refractivity contribution in [2.45, 2.75) is 20.8 Å². The number of primary amides is 1. The van der Waals surface area contributed by atoms with Crippen molar-refractivity contribution in [1.29, 1.82) is 0 Å². The molecule has 0 saturated carbocycles. The second-order valence-corrected chi connectivity index (χ2v) is 5.18. The number of carbonyl (C=O) groups is 2. The zero-order valence-corrected chi connectivity index (χ0v) is 14.0. The molecule has 0 aromatic heterocycles. The Bertz CT molecular complexity index is 754. The summed E-state index contributed by atoms with van der Waals surface area (Å²) in [5.41, 5.74) is 12.5. The van der Waals surface area contributed by atoms with Gasteiger partial charge in [-0.15, -0.1) is 0 Å². The van der Waals surface area contributed by atoms with Gasteiger partial charge >= 0.3 is 0 Å². The largest absolute Gasteiger partial charge is 0.398 e. The molecule has 0 radical (unpaired) electrons. The van der Waals surface area contributed by atoms with Crippen LogP contribution in [0.5, 0.6) is 0 Å². The lowest BCUT2D eigenvalue weighted by atomic mass is 9.97. The maximum Gasteiger partial charge on any atom is 0.251 e. The highest BCUT2D eigenvalue weighted by Gasteiger charge is 2.18. The molecule has 4 nitrogen and oxygen atoms in total. The van der Waals surface area contributed by atoms with Crippen LogP contribution in [-0.4, -0.2) is 11.7 Å². The average Bonchev–Trinajstić information content (AvgIpc) is 2.54. The molecule has 1 amide bonds. The Balaban J connectivity index is 3.34. The smallest absolute Gasteiger partial charge is 0.251 e. The summed E-state index contributed by atoms with van der Waals surface area (Å²) in [6, 6.07) is 5.10. The molecule has 0 fully saturated rings. The summed E-state index contributed by atoms with van der Waals surface area (Å²) in [6.07, 6.45) is 7.04. The fraction of sp³-hybridized carbons (Fsp3) is 0.158. The van der Waals surface area contributed by atoms with E-state index >= 15 is 0 Å². The third kappa shape index (κ3) is 4.78. The zero-order chi connectivity index (χ0) is 18.3. The number of carbonyl (C=O) groups excluding carboxylic acids is 2. The van der Waals surface area contributed by atoms with E-state index in [4.69, 9.17) is 11.5 Å². The first-order valence-electron chi connectivity index (χ1n) is 7.36. The number of nitrogens with two attached hydrogens (primary N) is 2. The highest BCUT2D eigenvalue weighted by Crippen LogP contribution is 2.19. The molecule has 4 N–H and O–H groups in total. The van der Waals surface area contributed by atoms with Crippen molar-refractivity contribution >= 4 is 11.7 Å². The predicted molar refractivity (Wildman–Crippen MR) is 93.5 cm³/mol. The second kappa shape index (κ2) is 8.62. The molecule has 1 rings (SSSR count). The van der Waals surface area contributed by atoms with Crippen molar-refractivity contribution in [3.05, 3.63) is 82.4 Å². The van der Waals surface area contributed by atoms with Crippen molar-refractivity contribution in [3.8, 4) is 0 Å². The van der Waals surface area contributed by atoms with E-state index in [1.165, 1.54) is 31.2 Å². The van der Waals surface area contributed by atoms with Gasteiger partial charge in [-0.25, -0.2) is 4.39 Å². The monoisotopic (exact) mass is 328 g/mol. The SMILES string of the molecule is C\C=C/C=C\C(C)=C(C(N)=O)\C(N)=C(/C)C(=O)c1ccc(F)cc1. The lowest BCUT2D eigenvalue weighted by Crippen LogP contribution is -2.23. The third-order valence-electron chi connectivity index (χ3n) is 3.41. The summed E-state index contributed by atoms with van der Waals surface area (Å²) in [7, 11) is 0. The third-order valence-corrected chi connectivity index (χ3v) is 3.41. The van der Waals surface area contributed by atoms with Gasteiger partial charge in [-0.3, -0.25) is 9.59 Å². The van der Waals surface area contributed by atoms with Gasteiger partial charge in [0.05, 0.1) is 11.3 Å². The minimum Gasteiger partial charge on any atom is -0.398 e. The first kappa shape index (κ1) is 19.1. The minimum atomic E-state index is -0.721. The quantitative estimate of drug-likeness (QED) is 0.478. The molecule has 0 saturated heterocycles. The molecule has 0 aliphatic heterocycles. The molecule has 0 bridgehead atoms. The highest BCUT2D eigenvalue weighted by molar-refractivity contribution is 6.11. The summed E-state index contributed by atoms with van der Waals surface area (Å²) in [5, 5.41) is 0. The average molecular weight is 328 g/mol. The van der Waals surface area contributed by atoms with Crippen LogP contribution in [-0.2, 0) is 4.79 Å². The van der Waals surface area contributed by atoms with Crippen molar-refractivity contribution in [2.75, 3.05) is 0 Å². The maximum absolute atomic E-state index is 13.0. The Morgan fingerprint density at radius 3 is 2.12 bits per heavy atom. The van der Waals surface area contributed by atoms with Gasteiger partial charge in [-0.1, -0.05) is 24.3 Å². The lowest BCUT2D eigenvalue weighted by molar-refractivity contribution is -0.114. The molecule has 1 aromatic carbocycles. The zero-order valence-electron chi connectivity index (χ0n) is 14.0. The van der Waals surface area contributed by atoms with Crippen LogP contribution in [0.3, 0.4) is 0 Å². The Labute approximate surface area is 141 Å². The fourth-order valence-corrected chi connectivity index (χ4v) is 2.06. The van der Waals surface area contributed by atoms with E-state index in [0.29, 0.717) is 5.57 Å². The van der Waals surface area contributed by atoms with Gasteiger partial charge in [0.2, 0.25) is 0 Å². The van der Waals surface area contributed by atoms with Gasteiger partial charge in [0.1, 0.15) is 5.82 Å². The Hall–Kier alpha value is -2.95. The number of amides is 1. The molecule has 0 unspecified atom stereocenters. The fourth-order valence-electron chi connectivity index (χ4n) is 2.06. The number of ketones is 1. The van der Waals surface area contributed by atoms with Crippen LogP contribution in [0.25, 0.3) is 0 Å². The van der Waals surface area contributed by atoms with E-state index in [0.717, 1.165) is 0 Å². The van der Waals surface area contributed by atoms with Gasteiger partial charge < -0.3 is 11.5 Å².